The minimum Gasteiger partial charge on any atom is -0.498 e. The van der Waals surface area contributed by atoms with Gasteiger partial charge in [0, 0.05) is 42.5 Å². The second-order valence-electron chi connectivity index (χ2n) is 16.7. The first kappa shape index (κ1) is 89.0. The van der Waals surface area contributed by atoms with Crippen molar-refractivity contribution in [3.8, 4) is 0 Å². The molecule has 76 heavy (non-hydrogen) atoms. The zero-order valence-electron chi connectivity index (χ0n) is 56.7. The maximum Gasteiger partial charge on any atom is 0.121 e. The summed E-state index contributed by atoms with van der Waals surface area (Å²) in [7, 11) is -0.795. The molecule has 0 spiro atoms. The van der Waals surface area contributed by atoms with Gasteiger partial charge in [-0.2, -0.15) is 14.7 Å². The fourth-order valence-electron chi connectivity index (χ4n) is 5.29. The van der Waals surface area contributed by atoms with Crippen molar-refractivity contribution < 1.29 is 19.1 Å². The number of hydroxylamine groups is 2. The smallest absolute Gasteiger partial charge is 0.121 e. The first-order valence-electron chi connectivity index (χ1n) is 29.4. The average Bonchev–Trinajstić information content (AvgIpc) is 4.34. The lowest BCUT2D eigenvalue weighted by molar-refractivity contribution is 0.106. The van der Waals surface area contributed by atoms with Gasteiger partial charge in [0.15, 0.2) is 0 Å². The van der Waals surface area contributed by atoms with Gasteiger partial charge in [-0.25, -0.2) is 5.43 Å². The van der Waals surface area contributed by atoms with E-state index < -0.39 is 9.21 Å². The maximum atomic E-state index is 5.27. The summed E-state index contributed by atoms with van der Waals surface area (Å²) in [5.74, 6) is 11.6. The van der Waals surface area contributed by atoms with Gasteiger partial charge in [-0.3, -0.25) is 20.3 Å². The lowest BCUT2D eigenvalue weighted by Crippen LogP contribution is -2.22. The summed E-state index contributed by atoms with van der Waals surface area (Å²) in [6, 6.07) is 0. The topological polar surface area (TPSA) is 110 Å². The molecule has 8 aliphatic heterocycles. The molecular weight excluding hydrogens is 961 g/mol. The Bertz CT molecular complexity index is 1660. The first-order chi connectivity index (χ1) is 36.2. The highest BCUT2D eigenvalue weighted by Gasteiger charge is 2.12. The molecule has 0 aromatic rings. The molecule has 0 bridgehead atoms. The van der Waals surface area contributed by atoms with Gasteiger partial charge in [-0.1, -0.05) is 134 Å². The molecule has 0 saturated heterocycles. The summed E-state index contributed by atoms with van der Waals surface area (Å²) in [5.41, 5.74) is 29.1. The molecule has 8 aliphatic rings. The van der Waals surface area contributed by atoms with Crippen LogP contribution < -0.4 is 21.8 Å². The fourth-order valence-corrected chi connectivity index (χ4v) is 7.13. The third-order valence-corrected chi connectivity index (χ3v) is 14.2. The Morgan fingerprint density at radius 2 is 1.07 bits per heavy atom. The number of ether oxygens (including phenoxy) is 2. The van der Waals surface area contributed by atoms with Crippen LogP contribution in [0.5, 0.6) is 0 Å². The van der Waals surface area contributed by atoms with Crippen LogP contribution in [0.1, 0.15) is 254 Å². The molecule has 0 aromatic carbocycles. The van der Waals surface area contributed by atoms with Gasteiger partial charge in [0.1, 0.15) is 5.76 Å². The molecule has 8 rings (SSSR count). The monoisotopic (exact) mass is 1090 g/mol. The third kappa shape index (κ3) is 47.6. The number of rotatable bonds is 0. The van der Waals surface area contributed by atoms with E-state index in [1.54, 1.807) is 0 Å². The van der Waals surface area contributed by atoms with Gasteiger partial charge in [0.05, 0.1) is 45.3 Å². The van der Waals surface area contributed by atoms with Crippen LogP contribution >= 0.6 is 9.21 Å². The Balaban J connectivity index is -0.000000112. The van der Waals surface area contributed by atoms with Crippen molar-refractivity contribution in [1.82, 2.24) is 21.8 Å². The Kier molecular flexibility index (Phi) is 72.9. The number of hydrogen-bond donors (Lipinski definition) is 4. The van der Waals surface area contributed by atoms with Crippen molar-refractivity contribution >= 4 is 33.4 Å². The Labute approximate surface area is 476 Å². The lowest BCUT2D eigenvalue weighted by Gasteiger charge is -2.15. The quantitative estimate of drug-likeness (QED) is 0.140. The maximum absolute atomic E-state index is 5.27. The van der Waals surface area contributed by atoms with E-state index >= 15 is 0 Å². The van der Waals surface area contributed by atoms with Gasteiger partial charge in [0.25, 0.3) is 0 Å². The molecule has 0 aliphatic carbocycles. The van der Waals surface area contributed by atoms with E-state index in [1.807, 2.05) is 151 Å². The normalized spacial score (nSPS) is 17.2. The molecular formula is C65H132N6O4S. The third-order valence-electron chi connectivity index (χ3n) is 11.6. The number of aliphatic imine (C=N–C) groups is 2. The van der Waals surface area contributed by atoms with Gasteiger partial charge in [-0.05, 0) is 192 Å². The van der Waals surface area contributed by atoms with E-state index in [2.05, 4.69) is 127 Å². The predicted octanol–water partition coefficient (Wildman–Crippen LogP) is 19.6. The van der Waals surface area contributed by atoms with Crippen molar-refractivity contribution in [2.45, 2.75) is 254 Å². The van der Waals surface area contributed by atoms with Crippen LogP contribution in [0.25, 0.3) is 0 Å². The second-order valence-corrected chi connectivity index (χ2v) is 19.9. The molecule has 0 saturated carbocycles. The minimum absolute atomic E-state index is 0.742. The summed E-state index contributed by atoms with van der Waals surface area (Å²) < 4.78 is 10.5. The van der Waals surface area contributed by atoms with E-state index in [1.165, 1.54) is 97.0 Å². The number of nitrogens with zero attached hydrogens (tertiary/aromatic N) is 2. The highest BCUT2D eigenvalue weighted by Crippen LogP contribution is 2.41. The SMILES string of the molecule is C=S1(=C)CCC(C)=C1C.CC.CC.CC.CC.CC.CC.CC.CC.CC1=C(C)CN=C1.CC1=C(C)COCC1.CC1=C(C)N=CC1.CC1=C(C)NNC1.CC1=C(C)NOC1.CC1=C(C)OCCC1.CC1=C(C)ONC1. The van der Waals surface area contributed by atoms with Crippen molar-refractivity contribution in [2.75, 3.05) is 51.8 Å². The molecule has 0 amide bonds. The standard InChI is InChI=1S/C8H14S.2C7H12O.2C6H9N.C5H10N2.2C5H9NO.8C2H6/c1-7-5-6-9(3,4)8(7)2;1-6-3-4-8-5-7(6)2;1-6-4-3-5-8-7(6)2;1-5-3-7-4-6(5)2;1-5-3-4-7-6(5)2;1-4-3-6-7-5(4)2;1-4-3-7-6-5(4)2;1-4-3-6-7-5(4)2;8*1-2/h3-6H2,1-2H3;2*3-5H2,1-2H3;3H,4H2,1-2H3;4H,3H2,1-2H3;6-7H,3H2,1-2H3;2*6H,3H2,1-2H3;8*1-2H3. The zero-order valence-corrected chi connectivity index (χ0v) is 57.5. The van der Waals surface area contributed by atoms with Gasteiger partial charge in [0.2, 0.25) is 0 Å². The summed E-state index contributed by atoms with van der Waals surface area (Å²) in [4.78, 5) is 19.3. The van der Waals surface area contributed by atoms with Crippen molar-refractivity contribution in [1.29, 1.82) is 0 Å². The molecule has 8 heterocycles. The van der Waals surface area contributed by atoms with E-state index in [-0.39, 0.29) is 0 Å². The molecule has 10 nitrogen and oxygen atoms in total. The molecule has 0 radical (unpaired) electrons. The van der Waals surface area contributed by atoms with Gasteiger partial charge < -0.3 is 19.7 Å². The number of hydrazine groups is 1. The summed E-state index contributed by atoms with van der Waals surface area (Å²) in [6.07, 6.45) is 9.72. The van der Waals surface area contributed by atoms with Crippen LogP contribution in [-0.2, 0) is 19.1 Å². The van der Waals surface area contributed by atoms with Crippen LogP contribution in [0, 0.1) is 0 Å². The predicted molar refractivity (Wildman–Crippen MR) is 355 cm³/mol. The Hall–Kier alpha value is -3.61. The average molecular weight is 1090 g/mol. The van der Waals surface area contributed by atoms with Gasteiger partial charge >= 0.3 is 0 Å². The van der Waals surface area contributed by atoms with Crippen molar-refractivity contribution in [3.05, 3.63) is 89.2 Å². The van der Waals surface area contributed by atoms with E-state index in [9.17, 15) is 0 Å². The number of nitrogens with one attached hydrogen (secondary N) is 4. The molecule has 0 fully saturated rings. The zero-order chi connectivity index (χ0) is 61.4. The molecule has 0 aromatic heterocycles. The molecule has 452 valence electrons. The lowest BCUT2D eigenvalue weighted by atomic mass is 10.1. The number of allylic oxidation sites excluding steroid dienone is 10. The second kappa shape index (κ2) is 62.2. The van der Waals surface area contributed by atoms with E-state index in [4.69, 9.17) is 19.1 Å². The van der Waals surface area contributed by atoms with Crippen LogP contribution in [0.15, 0.2) is 99.2 Å². The van der Waals surface area contributed by atoms with Crippen LogP contribution in [0.4, 0.5) is 0 Å². The van der Waals surface area contributed by atoms with Gasteiger partial charge in [-0.15, -0.1) is 0 Å². The van der Waals surface area contributed by atoms with E-state index in [0.717, 1.165) is 76.1 Å². The highest BCUT2D eigenvalue weighted by molar-refractivity contribution is 8.31. The Morgan fingerprint density at radius 1 is 0.513 bits per heavy atom. The fraction of sp³-hybridized carbons (Fsp3) is 0.692. The number of hydrogen-bond acceptors (Lipinski definition) is 10. The Morgan fingerprint density at radius 3 is 1.22 bits per heavy atom. The minimum atomic E-state index is -0.795. The van der Waals surface area contributed by atoms with Crippen molar-refractivity contribution in [2.24, 2.45) is 9.98 Å². The largest absolute Gasteiger partial charge is 0.498 e. The molecule has 0 atom stereocenters. The van der Waals surface area contributed by atoms with Crippen LogP contribution in [0.3, 0.4) is 0 Å². The summed E-state index contributed by atoms with van der Waals surface area (Å²) in [5, 5.41) is 0. The molecule has 0 unspecified atom stereocenters. The first-order valence-corrected chi connectivity index (χ1v) is 31.6. The molecule has 4 N–H and O–H groups in total. The van der Waals surface area contributed by atoms with Crippen LogP contribution in [0.2, 0.25) is 0 Å². The van der Waals surface area contributed by atoms with E-state index in [0.29, 0.717) is 0 Å². The summed E-state index contributed by atoms with van der Waals surface area (Å²) in [6.45, 7) is 71.7. The van der Waals surface area contributed by atoms with Crippen molar-refractivity contribution in [3.63, 3.8) is 0 Å². The highest BCUT2D eigenvalue weighted by atomic mass is 32.2. The molecule has 11 heteroatoms. The van der Waals surface area contributed by atoms with Crippen LogP contribution in [-0.4, -0.2) is 76.0 Å². The summed E-state index contributed by atoms with van der Waals surface area (Å²) >= 11 is 0.